The second-order valence-electron chi connectivity index (χ2n) is 13.8. The fraction of sp³-hybridized carbons (Fsp3) is 1.00. The van der Waals surface area contributed by atoms with Crippen LogP contribution in [0.2, 0.25) is 0 Å². The van der Waals surface area contributed by atoms with Crippen molar-refractivity contribution >= 4 is 0 Å². The molecule has 0 bridgehead atoms. The summed E-state index contributed by atoms with van der Waals surface area (Å²) < 4.78 is 0. The lowest BCUT2D eigenvalue weighted by Gasteiger charge is -2.16. The predicted octanol–water partition coefficient (Wildman–Crippen LogP) is 15.7. The van der Waals surface area contributed by atoms with Gasteiger partial charge in [0.1, 0.15) is 0 Å². The van der Waals surface area contributed by atoms with Crippen LogP contribution < -0.4 is 0 Å². The van der Waals surface area contributed by atoms with E-state index in [1.807, 2.05) is 0 Å². The van der Waals surface area contributed by atoms with Gasteiger partial charge >= 0.3 is 0 Å². The van der Waals surface area contributed by atoms with E-state index in [4.69, 9.17) is 0 Å². The lowest BCUT2D eigenvalue weighted by molar-refractivity contribution is 0.370. The van der Waals surface area contributed by atoms with Gasteiger partial charge in [-0.2, -0.15) is 0 Å². The summed E-state index contributed by atoms with van der Waals surface area (Å²) in [6, 6.07) is 0. The molecule has 40 heavy (non-hydrogen) atoms. The van der Waals surface area contributed by atoms with Crippen LogP contribution in [0.4, 0.5) is 0 Å². The van der Waals surface area contributed by atoms with Crippen molar-refractivity contribution in [2.75, 3.05) is 0 Å². The lowest BCUT2D eigenvalue weighted by Crippen LogP contribution is -2.01. The van der Waals surface area contributed by atoms with Gasteiger partial charge in [-0.15, -0.1) is 0 Å². The Balaban J connectivity index is 3.44. The second kappa shape index (κ2) is 37.0. The van der Waals surface area contributed by atoms with E-state index in [1.165, 1.54) is 231 Å². The van der Waals surface area contributed by atoms with Crippen molar-refractivity contribution in [3.8, 4) is 0 Å². The van der Waals surface area contributed by atoms with Gasteiger partial charge in [0.05, 0.1) is 0 Å². The van der Waals surface area contributed by atoms with Crippen LogP contribution in [0.15, 0.2) is 0 Å². The first kappa shape index (κ1) is 40.0. The Morgan fingerprint density at radius 2 is 0.375 bits per heavy atom. The maximum absolute atomic E-state index is 2.37. The minimum absolute atomic E-state index is 1.04. The largest absolute Gasteiger partial charge is 0.0654 e. The van der Waals surface area contributed by atoms with Gasteiger partial charge < -0.3 is 0 Å². The molecule has 0 aromatic rings. The molecule has 0 aliphatic carbocycles. The molecule has 0 aromatic heterocycles. The topological polar surface area (TPSA) is 0 Å². The zero-order valence-electron chi connectivity index (χ0n) is 29.0. The predicted molar refractivity (Wildman–Crippen MR) is 187 cm³/mol. The van der Waals surface area contributed by atoms with Gasteiger partial charge in [0.25, 0.3) is 0 Å². The van der Waals surface area contributed by atoms with E-state index in [2.05, 4.69) is 20.8 Å². The third-order valence-electron chi connectivity index (χ3n) is 9.65. The quantitative estimate of drug-likeness (QED) is 0.0666. The van der Waals surface area contributed by atoms with E-state index in [1.54, 1.807) is 0 Å². The van der Waals surface area contributed by atoms with Crippen molar-refractivity contribution in [3.63, 3.8) is 0 Å². The molecule has 0 amide bonds. The van der Waals surface area contributed by atoms with Crippen LogP contribution in [0.5, 0.6) is 0 Å². The average Bonchev–Trinajstić information content (AvgIpc) is 2.97. The highest BCUT2D eigenvalue weighted by Crippen LogP contribution is 2.24. The molecule has 0 fully saturated rings. The van der Waals surface area contributed by atoms with Crippen LogP contribution in [0.1, 0.15) is 252 Å². The van der Waals surface area contributed by atoms with E-state index in [0.717, 1.165) is 5.92 Å². The smallest absolute Gasteiger partial charge is 0.0414 e. The third-order valence-corrected chi connectivity index (χ3v) is 9.65. The highest BCUT2D eigenvalue weighted by Gasteiger charge is 2.08. The average molecular weight is 563 g/mol. The Morgan fingerprint density at radius 3 is 0.600 bits per heavy atom. The molecule has 0 saturated heterocycles. The van der Waals surface area contributed by atoms with Crippen molar-refractivity contribution in [2.24, 2.45) is 5.92 Å². The highest BCUT2D eigenvalue weighted by molar-refractivity contribution is 4.62. The first-order valence-corrected chi connectivity index (χ1v) is 19.8. The molecular formula is C40H82. The Hall–Kier alpha value is 0. The first-order chi connectivity index (χ1) is 19.8. The monoisotopic (exact) mass is 563 g/mol. The van der Waals surface area contributed by atoms with Crippen molar-refractivity contribution in [1.29, 1.82) is 0 Å². The van der Waals surface area contributed by atoms with Gasteiger partial charge in [-0.1, -0.05) is 252 Å². The zero-order valence-corrected chi connectivity index (χ0v) is 29.0. The summed E-state index contributed by atoms with van der Waals surface area (Å²) in [5, 5.41) is 0. The molecule has 0 heteroatoms. The Labute approximate surface area is 257 Å². The van der Waals surface area contributed by atoms with Gasteiger partial charge in [0, 0.05) is 0 Å². The fourth-order valence-electron chi connectivity index (χ4n) is 6.71. The second-order valence-corrected chi connectivity index (χ2v) is 13.8. The Kier molecular flexibility index (Phi) is 37.0. The zero-order chi connectivity index (χ0) is 29.0. The summed E-state index contributed by atoms with van der Waals surface area (Å²) in [5.74, 6) is 1.04. The van der Waals surface area contributed by atoms with E-state index < -0.39 is 0 Å². The fourth-order valence-corrected chi connectivity index (χ4v) is 6.71. The Morgan fingerprint density at radius 1 is 0.200 bits per heavy atom. The van der Waals surface area contributed by atoms with E-state index in [0.29, 0.717) is 0 Å². The van der Waals surface area contributed by atoms with Gasteiger partial charge in [-0.05, 0) is 5.92 Å². The molecule has 0 rings (SSSR count). The lowest BCUT2D eigenvalue weighted by atomic mass is 9.90. The molecule has 0 N–H and O–H groups in total. The maximum atomic E-state index is 2.37. The molecule has 242 valence electrons. The van der Waals surface area contributed by atoms with Crippen LogP contribution >= 0.6 is 0 Å². The van der Waals surface area contributed by atoms with Crippen LogP contribution in [0.3, 0.4) is 0 Å². The number of unbranched alkanes of at least 4 members (excludes halogenated alkanes) is 30. The Bertz CT molecular complexity index is 412. The summed E-state index contributed by atoms with van der Waals surface area (Å²) >= 11 is 0. The van der Waals surface area contributed by atoms with Crippen molar-refractivity contribution in [1.82, 2.24) is 0 Å². The number of hydrogen-bond donors (Lipinski definition) is 0. The molecule has 1 atom stereocenters. The highest BCUT2D eigenvalue weighted by atomic mass is 14.1. The third kappa shape index (κ3) is 34.2. The van der Waals surface area contributed by atoms with Crippen LogP contribution in [0, 0.1) is 5.92 Å². The van der Waals surface area contributed by atoms with Crippen LogP contribution in [-0.2, 0) is 0 Å². The summed E-state index contributed by atoms with van der Waals surface area (Å²) in [6.07, 6.45) is 53.3. The summed E-state index contributed by atoms with van der Waals surface area (Å²) in [7, 11) is 0. The summed E-state index contributed by atoms with van der Waals surface area (Å²) in [6.45, 7) is 7.00. The minimum Gasteiger partial charge on any atom is -0.0654 e. The number of rotatable bonds is 36. The molecule has 0 heterocycles. The van der Waals surface area contributed by atoms with Crippen LogP contribution in [0.25, 0.3) is 0 Å². The molecule has 0 radical (unpaired) electrons. The van der Waals surface area contributed by atoms with Gasteiger partial charge in [-0.25, -0.2) is 0 Å². The van der Waals surface area contributed by atoms with Gasteiger partial charge in [-0.3, -0.25) is 0 Å². The molecule has 0 aliphatic heterocycles. The molecular weight excluding hydrogens is 480 g/mol. The number of hydrogen-bond acceptors (Lipinski definition) is 0. The van der Waals surface area contributed by atoms with Crippen molar-refractivity contribution in [3.05, 3.63) is 0 Å². The van der Waals surface area contributed by atoms with Gasteiger partial charge in [0.15, 0.2) is 0 Å². The minimum atomic E-state index is 1.04. The van der Waals surface area contributed by atoms with E-state index >= 15 is 0 Å². The maximum Gasteiger partial charge on any atom is -0.0414 e. The molecule has 0 spiro atoms. The molecule has 0 aliphatic rings. The molecule has 0 saturated carbocycles. The summed E-state index contributed by atoms with van der Waals surface area (Å²) in [5.41, 5.74) is 0. The standard InChI is InChI=1S/C40H82/c1-4-7-10-12-14-16-18-20-22-23-24-26-28-30-32-34-36-39-40(37-9-6-3)38-35-33-31-29-27-25-21-19-17-15-13-11-8-5-2/h40H,4-39H2,1-3H3. The molecule has 0 nitrogen and oxygen atoms in total. The SMILES string of the molecule is CCCCCCCCCCCCCCCCCCCC(CCCC)CCCCCCCCCCCCCCCC. The van der Waals surface area contributed by atoms with E-state index in [-0.39, 0.29) is 0 Å². The van der Waals surface area contributed by atoms with E-state index in [9.17, 15) is 0 Å². The van der Waals surface area contributed by atoms with Crippen molar-refractivity contribution < 1.29 is 0 Å². The normalized spacial score (nSPS) is 12.4. The van der Waals surface area contributed by atoms with Crippen LogP contribution in [-0.4, -0.2) is 0 Å². The first-order valence-electron chi connectivity index (χ1n) is 19.8. The molecule has 1 unspecified atom stereocenters. The van der Waals surface area contributed by atoms with Crippen molar-refractivity contribution in [2.45, 2.75) is 252 Å². The van der Waals surface area contributed by atoms with Gasteiger partial charge in [0.2, 0.25) is 0 Å². The summed E-state index contributed by atoms with van der Waals surface area (Å²) in [4.78, 5) is 0. The molecule has 0 aromatic carbocycles.